The first kappa shape index (κ1) is 21.4. The topological polar surface area (TPSA) is 49.4 Å². The Morgan fingerprint density at radius 1 is 1.21 bits per heavy atom. The Kier molecular flexibility index (Phi) is 6.63. The largest absolute Gasteiger partial charge is 0.354 e. The maximum Gasteiger partial charge on any atom is 0.255 e. The summed E-state index contributed by atoms with van der Waals surface area (Å²) in [4.78, 5) is 28.5. The molecule has 4 nitrogen and oxygen atoms in total. The molecule has 0 spiro atoms. The van der Waals surface area contributed by atoms with Crippen LogP contribution in [0.2, 0.25) is 5.02 Å². The third-order valence-electron chi connectivity index (χ3n) is 5.70. The number of nitrogens with zero attached hydrogens (tertiary/aromatic N) is 1. The van der Waals surface area contributed by atoms with Gasteiger partial charge in [0.25, 0.3) is 5.91 Å². The van der Waals surface area contributed by atoms with E-state index in [4.69, 9.17) is 11.6 Å². The van der Waals surface area contributed by atoms with Crippen molar-refractivity contribution < 1.29 is 9.59 Å². The number of aryl methyl sites for hydroxylation is 1. The van der Waals surface area contributed by atoms with Crippen molar-refractivity contribution in [1.29, 1.82) is 0 Å². The van der Waals surface area contributed by atoms with Crippen LogP contribution in [0.25, 0.3) is 0 Å². The maximum atomic E-state index is 13.5. The Labute approximate surface area is 178 Å². The van der Waals surface area contributed by atoms with E-state index in [0.29, 0.717) is 42.4 Å². The number of carbonyl (C=O) groups is 2. The van der Waals surface area contributed by atoms with Crippen molar-refractivity contribution in [3.8, 4) is 0 Å². The van der Waals surface area contributed by atoms with E-state index in [1.165, 1.54) is 0 Å². The van der Waals surface area contributed by atoms with Gasteiger partial charge < -0.3 is 10.2 Å². The minimum atomic E-state index is -0.935. The summed E-state index contributed by atoms with van der Waals surface area (Å²) in [5, 5.41) is 3.69. The van der Waals surface area contributed by atoms with Crippen LogP contribution >= 0.6 is 11.6 Å². The van der Waals surface area contributed by atoms with Crippen LogP contribution in [0.4, 0.5) is 0 Å². The predicted molar refractivity (Wildman–Crippen MR) is 117 cm³/mol. The van der Waals surface area contributed by atoms with E-state index in [1.807, 2.05) is 55.5 Å². The molecule has 3 rings (SSSR count). The highest BCUT2D eigenvalue weighted by Crippen LogP contribution is 2.32. The van der Waals surface area contributed by atoms with E-state index in [0.717, 1.165) is 17.5 Å². The standard InChI is InChI=1S/C24H29ClN2O2/c1-17(2)12-14-26-23(29)24(3)13-11-19-8-4-5-10-21(19)22(28)27(24)16-18-7-6-9-20(25)15-18/h4-10,15,17H,11-14,16H2,1-3H3,(H,26,29)/t24-/m1/s1. The molecule has 2 amide bonds. The van der Waals surface area contributed by atoms with E-state index in [2.05, 4.69) is 19.2 Å². The van der Waals surface area contributed by atoms with Gasteiger partial charge in [0.05, 0.1) is 0 Å². The van der Waals surface area contributed by atoms with Gasteiger partial charge in [-0.3, -0.25) is 9.59 Å². The molecule has 5 heteroatoms. The molecule has 29 heavy (non-hydrogen) atoms. The monoisotopic (exact) mass is 412 g/mol. The first-order valence-electron chi connectivity index (χ1n) is 10.2. The van der Waals surface area contributed by atoms with Crippen LogP contribution in [0.15, 0.2) is 48.5 Å². The molecule has 1 N–H and O–H groups in total. The molecular weight excluding hydrogens is 384 g/mol. The second-order valence-electron chi connectivity index (χ2n) is 8.39. The highest BCUT2D eigenvalue weighted by atomic mass is 35.5. The second kappa shape index (κ2) is 9.00. The number of amides is 2. The fraction of sp³-hybridized carbons (Fsp3) is 0.417. The normalized spacial score (nSPS) is 19.1. The Morgan fingerprint density at radius 2 is 1.97 bits per heavy atom. The Hall–Kier alpha value is -2.33. The number of fused-ring (bicyclic) bond motifs is 1. The minimum absolute atomic E-state index is 0.0960. The van der Waals surface area contributed by atoms with Gasteiger partial charge in [-0.25, -0.2) is 0 Å². The molecule has 1 heterocycles. The highest BCUT2D eigenvalue weighted by molar-refractivity contribution is 6.30. The van der Waals surface area contributed by atoms with E-state index in [1.54, 1.807) is 4.90 Å². The van der Waals surface area contributed by atoms with Crippen molar-refractivity contribution in [3.63, 3.8) is 0 Å². The molecule has 0 unspecified atom stereocenters. The minimum Gasteiger partial charge on any atom is -0.354 e. The highest BCUT2D eigenvalue weighted by Gasteiger charge is 2.44. The molecule has 154 valence electrons. The summed E-state index contributed by atoms with van der Waals surface area (Å²) in [6.45, 7) is 7.09. The number of hydrogen-bond acceptors (Lipinski definition) is 2. The van der Waals surface area contributed by atoms with Crippen molar-refractivity contribution in [3.05, 3.63) is 70.2 Å². The van der Waals surface area contributed by atoms with E-state index in [9.17, 15) is 9.59 Å². The molecule has 2 aromatic rings. The first-order chi connectivity index (χ1) is 13.8. The van der Waals surface area contributed by atoms with Gasteiger partial charge >= 0.3 is 0 Å². The summed E-state index contributed by atoms with van der Waals surface area (Å²) in [6, 6.07) is 15.1. The van der Waals surface area contributed by atoms with Crippen molar-refractivity contribution in [2.75, 3.05) is 6.54 Å². The van der Waals surface area contributed by atoms with Crippen LogP contribution in [0, 0.1) is 5.92 Å². The second-order valence-corrected chi connectivity index (χ2v) is 8.83. The zero-order chi connectivity index (χ0) is 21.0. The van der Waals surface area contributed by atoms with Crippen LogP contribution in [0.3, 0.4) is 0 Å². The Morgan fingerprint density at radius 3 is 2.69 bits per heavy atom. The Bertz CT molecular complexity index is 896. The lowest BCUT2D eigenvalue weighted by Gasteiger charge is -2.39. The zero-order valence-corrected chi connectivity index (χ0v) is 18.1. The quantitative estimate of drug-likeness (QED) is 0.737. The number of benzene rings is 2. The molecule has 0 saturated heterocycles. The van der Waals surface area contributed by atoms with Gasteiger partial charge in [-0.15, -0.1) is 0 Å². The summed E-state index contributed by atoms with van der Waals surface area (Å²) >= 11 is 6.16. The molecule has 0 radical (unpaired) electrons. The van der Waals surface area contributed by atoms with E-state index in [-0.39, 0.29) is 11.8 Å². The average Bonchev–Trinajstić information content (AvgIpc) is 2.79. The lowest BCUT2D eigenvalue weighted by atomic mass is 9.91. The van der Waals surface area contributed by atoms with Crippen LogP contribution in [0.5, 0.6) is 0 Å². The van der Waals surface area contributed by atoms with E-state index < -0.39 is 5.54 Å². The average molecular weight is 413 g/mol. The van der Waals surface area contributed by atoms with Gasteiger partial charge in [-0.05, 0) is 61.4 Å². The smallest absolute Gasteiger partial charge is 0.255 e. The van der Waals surface area contributed by atoms with Crippen LogP contribution < -0.4 is 5.32 Å². The maximum absolute atomic E-state index is 13.5. The molecule has 0 saturated carbocycles. The number of carbonyl (C=O) groups excluding carboxylic acids is 2. The molecule has 1 aliphatic rings. The van der Waals surface area contributed by atoms with Crippen LogP contribution in [0.1, 0.15) is 55.1 Å². The van der Waals surface area contributed by atoms with Crippen molar-refractivity contribution in [1.82, 2.24) is 10.2 Å². The summed E-state index contributed by atoms with van der Waals surface area (Å²) in [7, 11) is 0. The molecule has 1 aliphatic heterocycles. The molecule has 0 aliphatic carbocycles. The number of rotatable bonds is 6. The van der Waals surface area contributed by atoms with Crippen molar-refractivity contribution >= 4 is 23.4 Å². The molecule has 2 aromatic carbocycles. The third kappa shape index (κ3) is 4.81. The van der Waals surface area contributed by atoms with Gasteiger partial charge in [0.1, 0.15) is 5.54 Å². The molecule has 0 fully saturated rings. The Balaban J connectivity index is 1.95. The zero-order valence-electron chi connectivity index (χ0n) is 17.4. The van der Waals surface area contributed by atoms with Gasteiger partial charge in [0.15, 0.2) is 0 Å². The fourth-order valence-corrected chi connectivity index (χ4v) is 4.01. The number of halogens is 1. The summed E-state index contributed by atoms with van der Waals surface area (Å²) < 4.78 is 0. The summed E-state index contributed by atoms with van der Waals surface area (Å²) in [5.74, 6) is 0.298. The number of hydrogen-bond donors (Lipinski definition) is 1. The summed E-state index contributed by atoms with van der Waals surface area (Å²) in [5.41, 5.74) is 1.64. The third-order valence-corrected chi connectivity index (χ3v) is 5.93. The van der Waals surface area contributed by atoms with E-state index >= 15 is 0 Å². The lowest BCUT2D eigenvalue weighted by Crippen LogP contribution is -2.58. The van der Waals surface area contributed by atoms with Crippen LogP contribution in [-0.2, 0) is 17.8 Å². The van der Waals surface area contributed by atoms with Gasteiger partial charge in [-0.1, -0.05) is 55.8 Å². The molecular formula is C24H29ClN2O2. The molecule has 1 atom stereocenters. The molecule has 0 bridgehead atoms. The number of nitrogens with one attached hydrogen (secondary N) is 1. The molecule has 0 aromatic heterocycles. The predicted octanol–water partition coefficient (Wildman–Crippen LogP) is 4.85. The van der Waals surface area contributed by atoms with Crippen molar-refractivity contribution in [2.45, 2.75) is 52.1 Å². The SMILES string of the molecule is CC(C)CCNC(=O)[C@@]1(C)CCc2ccccc2C(=O)N1Cc1cccc(Cl)c1. The van der Waals surface area contributed by atoms with Gasteiger partial charge in [0, 0.05) is 23.7 Å². The van der Waals surface area contributed by atoms with Crippen LogP contribution in [-0.4, -0.2) is 28.8 Å². The first-order valence-corrected chi connectivity index (χ1v) is 10.6. The van der Waals surface area contributed by atoms with Gasteiger partial charge in [-0.2, -0.15) is 0 Å². The van der Waals surface area contributed by atoms with Crippen molar-refractivity contribution in [2.24, 2.45) is 5.92 Å². The lowest BCUT2D eigenvalue weighted by molar-refractivity contribution is -0.132. The van der Waals surface area contributed by atoms with Gasteiger partial charge in [0.2, 0.25) is 5.91 Å². The summed E-state index contributed by atoms with van der Waals surface area (Å²) in [6.07, 6.45) is 2.16. The fourth-order valence-electron chi connectivity index (χ4n) is 3.79.